The number of hydrogen-bond donors (Lipinski definition) is 2. The lowest BCUT2D eigenvalue weighted by Gasteiger charge is -2.34. The Labute approximate surface area is 111 Å². The van der Waals surface area contributed by atoms with E-state index in [-0.39, 0.29) is 18.3 Å². The summed E-state index contributed by atoms with van der Waals surface area (Å²) in [6.07, 6.45) is 1.42. The molecule has 3 N–H and O–H groups in total. The van der Waals surface area contributed by atoms with Crippen molar-refractivity contribution >= 4 is 35.3 Å². The van der Waals surface area contributed by atoms with Crippen LogP contribution in [0.5, 0.6) is 0 Å². The molecule has 1 aliphatic heterocycles. The van der Waals surface area contributed by atoms with Gasteiger partial charge in [-0.1, -0.05) is 0 Å². The highest BCUT2D eigenvalue weighted by Gasteiger charge is 2.38. The number of anilines is 1. The lowest BCUT2D eigenvalue weighted by atomic mass is 9.79. The van der Waals surface area contributed by atoms with E-state index in [1.165, 1.54) is 0 Å². The van der Waals surface area contributed by atoms with Crippen molar-refractivity contribution in [3.63, 3.8) is 0 Å². The summed E-state index contributed by atoms with van der Waals surface area (Å²) >= 11 is 1.56. The molecule has 1 saturated heterocycles. The molecule has 1 aromatic rings. The zero-order chi connectivity index (χ0) is 11.4. The molecule has 2 heterocycles. The first-order chi connectivity index (χ1) is 7.77. The van der Waals surface area contributed by atoms with Crippen LogP contribution in [-0.4, -0.2) is 25.7 Å². The molecule has 0 radical (unpaired) electrons. The minimum Gasteiger partial charge on any atom is -0.381 e. The number of halogens is 1. The van der Waals surface area contributed by atoms with Crippen LogP contribution in [0.3, 0.4) is 0 Å². The van der Waals surface area contributed by atoms with Gasteiger partial charge in [0.05, 0.1) is 11.1 Å². The molecule has 0 atom stereocenters. The Morgan fingerprint density at radius 2 is 2.24 bits per heavy atom. The Morgan fingerprint density at radius 3 is 2.76 bits per heavy atom. The Balaban J connectivity index is 0.00000144. The predicted octanol–water partition coefficient (Wildman–Crippen LogP) is 1.86. The van der Waals surface area contributed by atoms with Gasteiger partial charge in [0.1, 0.15) is 0 Å². The maximum Gasteiger partial charge on any atom is 0.232 e. The average molecular weight is 277 g/mol. The van der Waals surface area contributed by atoms with Gasteiger partial charge in [0.2, 0.25) is 5.91 Å². The number of hydrogen-bond acceptors (Lipinski definition) is 4. The monoisotopic (exact) mass is 276 g/mol. The second-order valence-electron chi connectivity index (χ2n) is 4.06. The van der Waals surface area contributed by atoms with Crippen molar-refractivity contribution in [1.82, 2.24) is 0 Å². The molecular formula is C11H17ClN2O2S. The summed E-state index contributed by atoms with van der Waals surface area (Å²) in [5, 5.41) is 6.78. The maximum absolute atomic E-state index is 12.2. The summed E-state index contributed by atoms with van der Waals surface area (Å²) in [5.41, 5.74) is 6.17. The molecule has 0 spiro atoms. The van der Waals surface area contributed by atoms with E-state index >= 15 is 0 Å². The largest absolute Gasteiger partial charge is 0.381 e. The molecule has 0 aliphatic carbocycles. The van der Waals surface area contributed by atoms with E-state index in [0.29, 0.717) is 32.6 Å². The minimum atomic E-state index is -0.444. The molecule has 17 heavy (non-hydrogen) atoms. The molecule has 6 heteroatoms. The second-order valence-corrected chi connectivity index (χ2v) is 4.84. The molecule has 0 saturated carbocycles. The SMILES string of the molecule is Cl.NCC1(C(=O)Nc2ccsc2)CCOCC1. The van der Waals surface area contributed by atoms with Crippen LogP contribution in [0, 0.1) is 5.41 Å². The number of ether oxygens (including phenoxy) is 1. The van der Waals surface area contributed by atoms with Gasteiger partial charge in [0.15, 0.2) is 0 Å². The molecule has 1 fully saturated rings. The maximum atomic E-state index is 12.2. The summed E-state index contributed by atoms with van der Waals surface area (Å²) in [7, 11) is 0. The van der Waals surface area contributed by atoms with Crippen molar-refractivity contribution in [3.8, 4) is 0 Å². The summed E-state index contributed by atoms with van der Waals surface area (Å²) in [6.45, 7) is 1.62. The smallest absolute Gasteiger partial charge is 0.232 e. The Hall–Kier alpha value is -0.620. The molecule has 0 bridgehead atoms. The van der Waals surface area contributed by atoms with Crippen molar-refractivity contribution in [1.29, 1.82) is 0 Å². The van der Waals surface area contributed by atoms with Gasteiger partial charge >= 0.3 is 0 Å². The van der Waals surface area contributed by atoms with Crippen LogP contribution in [0.4, 0.5) is 5.69 Å². The van der Waals surface area contributed by atoms with E-state index in [1.807, 2.05) is 16.8 Å². The summed E-state index contributed by atoms with van der Waals surface area (Å²) in [5.74, 6) is 0.0247. The highest BCUT2D eigenvalue weighted by atomic mass is 35.5. The van der Waals surface area contributed by atoms with Crippen molar-refractivity contribution in [2.45, 2.75) is 12.8 Å². The Kier molecular flexibility index (Phi) is 5.39. The van der Waals surface area contributed by atoms with Gasteiger partial charge in [0, 0.05) is 25.1 Å². The van der Waals surface area contributed by atoms with Gasteiger partial charge in [-0.2, -0.15) is 11.3 Å². The quantitative estimate of drug-likeness (QED) is 0.886. The zero-order valence-corrected chi connectivity index (χ0v) is 11.1. The summed E-state index contributed by atoms with van der Waals surface area (Å²) in [4.78, 5) is 12.2. The molecule has 1 amide bonds. The first kappa shape index (κ1) is 14.4. The highest BCUT2D eigenvalue weighted by Crippen LogP contribution is 2.31. The van der Waals surface area contributed by atoms with E-state index < -0.39 is 5.41 Å². The molecular weight excluding hydrogens is 260 g/mol. The molecule has 2 rings (SSSR count). The Morgan fingerprint density at radius 1 is 1.53 bits per heavy atom. The Bertz CT molecular complexity index is 350. The number of rotatable bonds is 3. The third-order valence-electron chi connectivity index (χ3n) is 3.10. The molecule has 0 aromatic carbocycles. The van der Waals surface area contributed by atoms with Crippen LogP contribution >= 0.6 is 23.7 Å². The van der Waals surface area contributed by atoms with Gasteiger partial charge in [-0.05, 0) is 24.3 Å². The molecule has 0 unspecified atom stereocenters. The molecule has 4 nitrogen and oxygen atoms in total. The highest BCUT2D eigenvalue weighted by molar-refractivity contribution is 7.08. The van der Waals surface area contributed by atoms with Crippen molar-refractivity contribution < 1.29 is 9.53 Å². The van der Waals surface area contributed by atoms with Crippen LogP contribution in [0.2, 0.25) is 0 Å². The number of thiophene rings is 1. The van der Waals surface area contributed by atoms with Crippen molar-refractivity contribution in [2.24, 2.45) is 11.1 Å². The van der Waals surface area contributed by atoms with Crippen LogP contribution < -0.4 is 11.1 Å². The number of nitrogens with two attached hydrogens (primary N) is 1. The van der Waals surface area contributed by atoms with E-state index in [1.54, 1.807) is 11.3 Å². The average Bonchev–Trinajstić information content (AvgIpc) is 2.82. The fourth-order valence-electron chi connectivity index (χ4n) is 1.89. The third-order valence-corrected chi connectivity index (χ3v) is 3.78. The van der Waals surface area contributed by atoms with E-state index in [4.69, 9.17) is 10.5 Å². The van der Waals surface area contributed by atoms with Crippen LogP contribution in [0.1, 0.15) is 12.8 Å². The number of carbonyl (C=O) groups excluding carboxylic acids is 1. The van der Waals surface area contributed by atoms with Gasteiger partial charge in [-0.15, -0.1) is 12.4 Å². The standard InChI is InChI=1S/C11H16N2O2S.ClH/c12-8-11(2-4-15-5-3-11)10(14)13-9-1-6-16-7-9;/h1,6-7H,2-5,8,12H2,(H,13,14);1H. The first-order valence-electron chi connectivity index (χ1n) is 5.38. The fourth-order valence-corrected chi connectivity index (χ4v) is 2.47. The lowest BCUT2D eigenvalue weighted by molar-refractivity contribution is -0.130. The summed E-state index contributed by atoms with van der Waals surface area (Å²) < 4.78 is 5.28. The van der Waals surface area contributed by atoms with E-state index in [2.05, 4.69) is 5.32 Å². The topological polar surface area (TPSA) is 64.4 Å². The number of amides is 1. The molecule has 1 aromatic heterocycles. The van der Waals surface area contributed by atoms with Crippen molar-refractivity contribution in [2.75, 3.05) is 25.1 Å². The summed E-state index contributed by atoms with van der Waals surface area (Å²) in [6, 6.07) is 1.89. The van der Waals surface area contributed by atoms with Gasteiger partial charge in [-0.25, -0.2) is 0 Å². The normalized spacial score (nSPS) is 18.2. The number of carbonyl (C=O) groups is 1. The van der Waals surface area contributed by atoms with E-state index in [0.717, 1.165) is 5.69 Å². The van der Waals surface area contributed by atoms with Gasteiger partial charge < -0.3 is 15.8 Å². The minimum absolute atomic E-state index is 0. The molecule has 1 aliphatic rings. The fraction of sp³-hybridized carbons (Fsp3) is 0.545. The lowest BCUT2D eigenvalue weighted by Crippen LogP contribution is -2.46. The van der Waals surface area contributed by atoms with Crippen LogP contribution in [-0.2, 0) is 9.53 Å². The first-order valence-corrected chi connectivity index (χ1v) is 6.33. The van der Waals surface area contributed by atoms with Gasteiger partial charge in [-0.3, -0.25) is 4.79 Å². The number of nitrogens with one attached hydrogen (secondary N) is 1. The van der Waals surface area contributed by atoms with Crippen molar-refractivity contribution in [3.05, 3.63) is 16.8 Å². The predicted molar refractivity (Wildman–Crippen MR) is 71.7 cm³/mol. The van der Waals surface area contributed by atoms with Crippen LogP contribution in [0.15, 0.2) is 16.8 Å². The third kappa shape index (κ3) is 3.19. The van der Waals surface area contributed by atoms with Gasteiger partial charge in [0.25, 0.3) is 0 Å². The second kappa shape index (κ2) is 6.35. The molecule has 96 valence electrons. The van der Waals surface area contributed by atoms with Crippen LogP contribution in [0.25, 0.3) is 0 Å². The van der Waals surface area contributed by atoms with E-state index in [9.17, 15) is 4.79 Å². The zero-order valence-electron chi connectivity index (χ0n) is 9.48.